The van der Waals surface area contributed by atoms with Crippen molar-refractivity contribution in [1.82, 2.24) is 5.32 Å². The second-order valence-corrected chi connectivity index (χ2v) is 4.01. The number of hydrogen-bond acceptors (Lipinski definition) is 2. The fourth-order valence-corrected chi connectivity index (χ4v) is 2.07. The average molecular weight is 197 g/mol. The summed E-state index contributed by atoms with van der Waals surface area (Å²) in [4.78, 5) is 23.5. The Kier molecular flexibility index (Phi) is 3.29. The molecule has 0 aliphatic carbocycles. The molecule has 0 aromatic heterocycles. The van der Waals surface area contributed by atoms with E-state index < -0.39 is 5.54 Å². The Labute approximate surface area is 85.3 Å². The van der Waals surface area contributed by atoms with Crippen LogP contribution in [0.1, 0.15) is 46.5 Å². The third-order valence-corrected chi connectivity index (χ3v) is 3.40. The molecule has 1 rings (SSSR count). The molecule has 1 aliphatic rings. The maximum Gasteiger partial charge on any atom is 0.224 e. The number of Topliss-reactive ketones (excluding diaryl/α,β-unsaturated/α-hetero) is 1. The Bertz CT molecular complexity index is 244. The molecule has 0 bridgehead atoms. The van der Waals surface area contributed by atoms with E-state index in [9.17, 15) is 9.59 Å². The fourth-order valence-electron chi connectivity index (χ4n) is 2.07. The van der Waals surface area contributed by atoms with Crippen LogP contribution in [0.3, 0.4) is 0 Å². The molecule has 1 saturated heterocycles. The first-order valence-electron chi connectivity index (χ1n) is 5.45. The lowest BCUT2D eigenvalue weighted by Crippen LogP contribution is -2.59. The van der Waals surface area contributed by atoms with E-state index in [1.54, 1.807) is 0 Å². The summed E-state index contributed by atoms with van der Waals surface area (Å²) in [5, 5.41) is 2.89. The Morgan fingerprint density at radius 1 is 1.29 bits per heavy atom. The largest absolute Gasteiger partial charge is 0.343 e. The van der Waals surface area contributed by atoms with Crippen molar-refractivity contribution < 1.29 is 9.59 Å². The molecule has 1 amide bonds. The molecule has 14 heavy (non-hydrogen) atoms. The summed E-state index contributed by atoms with van der Waals surface area (Å²) in [6, 6.07) is 0. The topological polar surface area (TPSA) is 46.2 Å². The summed E-state index contributed by atoms with van der Waals surface area (Å²) in [5.41, 5.74) is -0.567. The van der Waals surface area contributed by atoms with E-state index in [2.05, 4.69) is 5.32 Å². The van der Waals surface area contributed by atoms with Crippen molar-refractivity contribution in [2.24, 2.45) is 5.92 Å². The van der Waals surface area contributed by atoms with Gasteiger partial charge in [-0.3, -0.25) is 9.59 Å². The summed E-state index contributed by atoms with van der Waals surface area (Å²) in [6.45, 7) is 5.85. The van der Waals surface area contributed by atoms with Gasteiger partial charge in [-0.2, -0.15) is 0 Å². The van der Waals surface area contributed by atoms with Gasteiger partial charge in [-0.1, -0.05) is 20.8 Å². The molecule has 1 N–H and O–H groups in total. The predicted molar refractivity (Wildman–Crippen MR) is 54.9 cm³/mol. The normalized spacial score (nSPS) is 26.1. The number of nitrogens with one attached hydrogen (secondary N) is 1. The Morgan fingerprint density at radius 3 is 2.29 bits per heavy atom. The first-order chi connectivity index (χ1) is 6.59. The van der Waals surface area contributed by atoms with E-state index in [0.717, 1.165) is 6.42 Å². The van der Waals surface area contributed by atoms with Gasteiger partial charge in [-0.25, -0.2) is 0 Å². The number of carbonyl (C=O) groups is 2. The van der Waals surface area contributed by atoms with Gasteiger partial charge in [0.1, 0.15) is 0 Å². The summed E-state index contributed by atoms with van der Waals surface area (Å²) < 4.78 is 0. The molecule has 1 aliphatic heterocycles. The minimum absolute atomic E-state index is 0.0517. The summed E-state index contributed by atoms with van der Waals surface area (Å²) in [6.07, 6.45) is 2.57. The van der Waals surface area contributed by atoms with E-state index in [0.29, 0.717) is 19.3 Å². The molecule has 3 nitrogen and oxygen atoms in total. The lowest BCUT2D eigenvalue weighted by molar-refractivity contribution is -0.142. The van der Waals surface area contributed by atoms with Crippen LogP contribution in [0.25, 0.3) is 0 Å². The van der Waals surface area contributed by atoms with Gasteiger partial charge in [-0.05, 0) is 19.3 Å². The van der Waals surface area contributed by atoms with Crippen molar-refractivity contribution in [3.63, 3.8) is 0 Å². The molecule has 0 spiro atoms. The molecule has 1 heterocycles. The first kappa shape index (κ1) is 11.2. The fraction of sp³-hybridized carbons (Fsp3) is 0.818. The quantitative estimate of drug-likeness (QED) is 0.748. The van der Waals surface area contributed by atoms with Crippen molar-refractivity contribution in [3.05, 3.63) is 0 Å². The van der Waals surface area contributed by atoms with Crippen LogP contribution in [0.2, 0.25) is 0 Å². The monoisotopic (exact) mass is 197 g/mol. The Balaban J connectivity index is 2.85. The van der Waals surface area contributed by atoms with E-state index in [1.165, 1.54) is 0 Å². The Morgan fingerprint density at radius 2 is 1.86 bits per heavy atom. The zero-order chi connectivity index (χ0) is 10.8. The third-order valence-electron chi connectivity index (χ3n) is 3.40. The number of ketones is 1. The predicted octanol–water partition coefficient (Wildman–Crippen LogP) is 1.66. The highest BCUT2D eigenvalue weighted by atomic mass is 16.2. The van der Waals surface area contributed by atoms with Crippen molar-refractivity contribution >= 4 is 11.7 Å². The zero-order valence-electron chi connectivity index (χ0n) is 9.22. The minimum atomic E-state index is -0.567. The molecule has 1 unspecified atom stereocenters. The first-order valence-corrected chi connectivity index (χ1v) is 5.45. The highest BCUT2D eigenvalue weighted by molar-refractivity contribution is 5.99. The van der Waals surface area contributed by atoms with E-state index in [1.807, 2.05) is 20.8 Å². The van der Waals surface area contributed by atoms with Crippen LogP contribution >= 0.6 is 0 Å². The Hall–Kier alpha value is -0.860. The average Bonchev–Trinajstić information content (AvgIpc) is 2.21. The van der Waals surface area contributed by atoms with E-state index >= 15 is 0 Å². The van der Waals surface area contributed by atoms with Gasteiger partial charge in [0.25, 0.3) is 0 Å². The molecule has 0 aromatic carbocycles. The maximum absolute atomic E-state index is 11.9. The SMILES string of the molecule is CCC1CC(=O)C(CC)(CC)NC1=O. The number of piperidine rings is 1. The minimum Gasteiger partial charge on any atom is -0.343 e. The molecule has 80 valence electrons. The number of rotatable bonds is 3. The summed E-state index contributed by atoms with van der Waals surface area (Å²) in [5.74, 6) is 0.151. The standard InChI is InChI=1S/C11H19NO2/c1-4-8-7-9(13)11(5-2,6-3)12-10(8)14/h8H,4-7H2,1-3H3,(H,12,14). The number of amides is 1. The third kappa shape index (κ3) is 1.68. The second kappa shape index (κ2) is 4.11. The van der Waals surface area contributed by atoms with Gasteiger partial charge in [0, 0.05) is 12.3 Å². The number of hydrogen-bond donors (Lipinski definition) is 1. The van der Waals surface area contributed by atoms with Crippen molar-refractivity contribution in [1.29, 1.82) is 0 Å². The smallest absolute Gasteiger partial charge is 0.224 e. The van der Waals surface area contributed by atoms with Crippen LogP contribution < -0.4 is 5.32 Å². The van der Waals surface area contributed by atoms with Gasteiger partial charge >= 0.3 is 0 Å². The summed E-state index contributed by atoms with van der Waals surface area (Å²) in [7, 11) is 0. The van der Waals surface area contributed by atoms with Gasteiger partial charge in [-0.15, -0.1) is 0 Å². The molecular formula is C11H19NO2. The molecule has 0 saturated carbocycles. The van der Waals surface area contributed by atoms with Crippen molar-refractivity contribution in [3.8, 4) is 0 Å². The van der Waals surface area contributed by atoms with Crippen LogP contribution in [-0.4, -0.2) is 17.2 Å². The van der Waals surface area contributed by atoms with Crippen molar-refractivity contribution in [2.45, 2.75) is 52.0 Å². The molecule has 0 aromatic rings. The van der Waals surface area contributed by atoms with Crippen LogP contribution in [0.15, 0.2) is 0 Å². The highest BCUT2D eigenvalue weighted by Crippen LogP contribution is 2.27. The summed E-state index contributed by atoms with van der Waals surface area (Å²) >= 11 is 0. The highest BCUT2D eigenvalue weighted by Gasteiger charge is 2.42. The second-order valence-electron chi connectivity index (χ2n) is 4.01. The molecule has 0 radical (unpaired) electrons. The maximum atomic E-state index is 11.9. The van der Waals surface area contributed by atoms with Crippen LogP contribution in [-0.2, 0) is 9.59 Å². The van der Waals surface area contributed by atoms with Crippen molar-refractivity contribution in [2.75, 3.05) is 0 Å². The van der Waals surface area contributed by atoms with E-state index in [-0.39, 0.29) is 17.6 Å². The van der Waals surface area contributed by atoms with Crippen LogP contribution in [0, 0.1) is 5.92 Å². The van der Waals surface area contributed by atoms with E-state index in [4.69, 9.17) is 0 Å². The molecule has 1 atom stereocenters. The van der Waals surface area contributed by atoms with Crippen LogP contribution in [0.5, 0.6) is 0 Å². The number of carbonyl (C=O) groups excluding carboxylic acids is 2. The van der Waals surface area contributed by atoms with Crippen LogP contribution in [0.4, 0.5) is 0 Å². The lowest BCUT2D eigenvalue weighted by Gasteiger charge is -2.37. The molecular weight excluding hydrogens is 178 g/mol. The molecule has 1 fully saturated rings. The zero-order valence-corrected chi connectivity index (χ0v) is 9.22. The lowest BCUT2D eigenvalue weighted by atomic mass is 9.78. The van der Waals surface area contributed by atoms with Gasteiger partial charge in [0.2, 0.25) is 5.91 Å². The van der Waals surface area contributed by atoms with Gasteiger partial charge in [0.05, 0.1) is 5.54 Å². The van der Waals surface area contributed by atoms with Gasteiger partial charge < -0.3 is 5.32 Å². The van der Waals surface area contributed by atoms with Gasteiger partial charge in [0.15, 0.2) is 5.78 Å². The molecule has 3 heteroatoms.